The Bertz CT molecular complexity index is 768. The first-order valence-corrected chi connectivity index (χ1v) is 8.21. The van der Waals surface area contributed by atoms with Gasteiger partial charge in [-0.3, -0.25) is 19.6 Å². The zero-order valence-electron chi connectivity index (χ0n) is 13.6. The van der Waals surface area contributed by atoms with E-state index in [0.29, 0.717) is 25.2 Å². The number of carbonyl (C=O) groups is 2. The lowest BCUT2D eigenvalue weighted by Gasteiger charge is -2.36. The molecule has 7 nitrogen and oxygen atoms in total. The molecule has 2 aromatic heterocycles. The van der Waals surface area contributed by atoms with Crippen molar-refractivity contribution in [1.82, 2.24) is 19.8 Å². The van der Waals surface area contributed by atoms with Gasteiger partial charge in [0.15, 0.2) is 0 Å². The Morgan fingerprint density at radius 2 is 2.00 bits per heavy atom. The maximum Gasteiger partial charge on any atom is 0.255 e. The Balaban J connectivity index is 1.52. The zero-order chi connectivity index (χ0) is 17.2. The van der Waals surface area contributed by atoms with Crippen LogP contribution in [0.1, 0.15) is 15.9 Å². The van der Waals surface area contributed by atoms with Gasteiger partial charge in [-0.25, -0.2) is 0 Å². The first kappa shape index (κ1) is 15.7. The molecule has 0 aliphatic carbocycles. The second-order valence-electron chi connectivity index (χ2n) is 6.25. The zero-order valence-corrected chi connectivity index (χ0v) is 13.6. The molecule has 0 saturated carbocycles. The predicted octanol–water partition coefficient (Wildman–Crippen LogP) is 0.729. The van der Waals surface area contributed by atoms with Crippen LogP contribution in [-0.2, 0) is 16.1 Å². The number of rotatable bonds is 3. The highest BCUT2D eigenvalue weighted by atomic mass is 16.5. The number of likely N-dealkylation sites (tertiary alicyclic amines) is 1. The van der Waals surface area contributed by atoms with Crippen molar-refractivity contribution >= 4 is 11.8 Å². The molecule has 2 aliphatic heterocycles. The molecular weight excluding hydrogens is 320 g/mol. The summed E-state index contributed by atoms with van der Waals surface area (Å²) in [7, 11) is 0. The molecule has 25 heavy (non-hydrogen) atoms. The number of pyridine rings is 2. The van der Waals surface area contributed by atoms with Crippen LogP contribution in [0.5, 0.6) is 0 Å². The Hall–Kier alpha value is -2.80. The van der Waals surface area contributed by atoms with Crippen LogP contribution in [0.4, 0.5) is 0 Å². The fraction of sp³-hybridized carbons (Fsp3) is 0.333. The predicted molar refractivity (Wildman–Crippen MR) is 88.5 cm³/mol. The van der Waals surface area contributed by atoms with Crippen LogP contribution in [-0.4, -0.2) is 63.4 Å². The summed E-state index contributed by atoms with van der Waals surface area (Å²) in [4.78, 5) is 36.6. The van der Waals surface area contributed by atoms with Crippen molar-refractivity contribution in [3.05, 3.63) is 60.2 Å². The Morgan fingerprint density at radius 1 is 1.16 bits per heavy atom. The molecule has 0 radical (unpaired) electrons. The molecule has 4 heterocycles. The fourth-order valence-electron chi connectivity index (χ4n) is 3.39. The van der Waals surface area contributed by atoms with E-state index in [-0.39, 0.29) is 30.6 Å². The van der Waals surface area contributed by atoms with E-state index >= 15 is 0 Å². The summed E-state index contributed by atoms with van der Waals surface area (Å²) >= 11 is 0. The summed E-state index contributed by atoms with van der Waals surface area (Å²) in [5.41, 5.74) is 1.56. The second-order valence-corrected chi connectivity index (χ2v) is 6.25. The first-order chi connectivity index (χ1) is 12.2. The Labute approximate surface area is 145 Å². The van der Waals surface area contributed by atoms with Crippen LogP contribution in [0.15, 0.2) is 49.1 Å². The van der Waals surface area contributed by atoms with Gasteiger partial charge in [-0.1, -0.05) is 0 Å². The van der Waals surface area contributed by atoms with Crippen molar-refractivity contribution in [2.75, 3.05) is 19.7 Å². The number of amides is 2. The molecule has 2 aromatic rings. The molecule has 2 saturated heterocycles. The molecule has 2 atom stereocenters. The number of hydrogen-bond donors (Lipinski definition) is 0. The van der Waals surface area contributed by atoms with Gasteiger partial charge in [0.25, 0.3) is 5.91 Å². The number of morpholine rings is 1. The summed E-state index contributed by atoms with van der Waals surface area (Å²) in [6.45, 7) is 1.51. The van der Waals surface area contributed by atoms with E-state index in [1.807, 2.05) is 17.0 Å². The van der Waals surface area contributed by atoms with E-state index in [2.05, 4.69) is 9.97 Å². The van der Waals surface area contributed by atoms with Crippen LogP contribution >= 0.6 is 0 Å². The summed E-state index contributed by atoms with van der Waals surface area (Å²) in [5.74, 6) is -0.129. The molecule has 4 rings (SSSR count). The van der Waals surface area contributed by atoms with E-state index < -0.39 is 0 Å². The molecule has 128 valence electrons. The van der Waals surface area contributed by atoms with E-state index in [1.54, 1.807) is 41.8 Å². The minimum atomic E-state index is -0.153. The molecule has 0 spiro atoms. The molecule has 0 unspecified atom stereocenters. The third kappa shape index (κ3) is 3.10. The maximum atomic E-state index is 12.7. The summed E-state index contributed by atoms with van der Waals surface area (Å²) in [6.07, 6.45) is 6.47. The van der Waals surface area contributed by atoms with E-state index in [0.717, 1.165) is 5.56 Å². The minimum Gasteiger partial charge on any atom is -0.364 e. The van der Waals surface area contributed by atoms with Crippen molar-refractivity contribution in [3.8, 4) is 0 Å². The van der Waals surface area contributed by atoms with E-state index in [1.165, 1.54) is 0 Å². The highest BCUT2D eigenvalue weighted by Gasteiger charge is 2.44. The van der Waals surface area contributed by atoms with Gasteiger partial charge in [0.1, 0.15) is 6.61 Å². The molecule has 2 aliphatic rings. The third-order valence-corrected chi connectivity index (χ3v) is 4.68. The molecular formula is C18H18N4O3. The van der Waals surface area contributed by atoms with Gasteiger partial charge >= 0.3 is 0 Å². The third-order valence-electron chi connectivity index (χ3n) is 4.68. The van der Waals surface area contributed by atoms with Gasteiger partial charge in [-0.2, -0.15) is 0 Å². The first-order valence-electron chi connectivity index (χ1n) is 8.21. The topological polar surface area (TPSA) is 75.6 Å². The Morgan fingerprint density at radius 3 is 2.76 bits per heavy atom. The van der Waals surface area contributed by atoms with Crippen molar-refractivity contribution < 1.29 is 14.3 Å². The average molecular weight is 338 g/mol. The maximum absolute atomic E-state index is 12.7. The van der Waals surface area contributed by atoms with Crippen molar-refractivity contribution in [1.29, 1.82) is 0 Å². The number of hydrogen-bond acceptors (Lipinski definition) is 5. The van der Waals surface area contributed by atoms with E-state index in [9.17, 15) is 9.59 Å². The highest BCUT2D eigenvalue weighted by molar-refractivity contribution is 5.94. The summed E-state index contributed by atoms with van der Waals surface area (Å²) in [5, 5.41) is 0. The van der Waals surface area contributed by atoms with Crippen molar-refractivity contribution in [2.45, 2.75) is 18.7 Å². The number of carbonyl (C=O) groups excluding carboxylic acids is 2. The van der Waals surface area contributed by atoms with Gasteiger partial charge in [0.2, 0.25) is 5.91 Å². The number of ether oxygens (including phenoxy) is 1. The smallest absolute Gasteiger partial charge is 0.255 e. The summed E-state index contributed by atoms with van der Waals surface area (Å²) < 4.78 is 5.69. The molecule has 0 N–H and O–H groups in total. The normalized spacial score (nSPS) is 22.8. The molecule has 2 fully saturated rings. The molecule has 7 heteroatoms. The lowest BCUT2D eigenvalue weighted by Crippen LogP contribution is -2.53. The number of fused-ring (bicyclic) bond motifs is 1. The minimum absolute atomic E-state index is 0.0475. The van der Waals surface area contributed by atoms with Crippen molar-refractivity contribution in [2.24, 2.45) is 0 Å². The second kappa shape index (κ2) is 6.60. The van der Waals surface area contributed by atoms with Crippen LogP contribution < -0.4 is 0 Å². The molecule has 2 amide bonds. The lowest BCUT2D eigenvalue weighted by molar-refractivity contribution is -0.153. The Kier molecular flexibility index (Phi) is 4.15. The van der Waals surface area contributed by atoms with Crippen LogP contribution in [0.3, 0.4) is 0 Å². The van der Waals surface area contributed by atoms with E-state index in [4.69, 9.17) is 4.74 Å². The van der Waals surface area contributed by atoms with Gasteiger partial charge in [0.05, 0.1) is 17.7 Å². The molecule has 0 aromatic carbocycles. The summed E-state index contributed by atoms with van der Waals surface area (Å²) in [6, 6.07) is 7.15. The molecule has 0 bridgehead atoms. The average Bonchev–Trinajstić information content (AvgIpc) is 3.10. The van der Waals surface area contributed by atoms with Crippen molar-refractivity contribution in [3.63, 3.8) is 0 Å². The quantitative estimate of drug-likeness (QED) is 0.825. The largest absolute Gasteiger partial charge is 0.364 e. The van der Waals surface area contributed by atoms with Gasteiger partial charge in [0, 0.05) is 44.4 Å². The number of aromatic nitrogens is 2. The highest BCUT2D eigenvalue weighted by Crippen LogP contribution is 2.26. The fourth-order valence-corrected chi connectivity index (χ4v) is 3.39. The monoisotopic (exact) mass is 338 g/mol. The standard InChI is InChI=1S/C18H18N4O3/c23-17-12-25-16-11-21(18(24)14-2-1-5-20-8-14)10-15(16)22(17)9-13-3-6-19-7-4-13/h1-8,15-16H,9-12H2/t15-,16+/m1/s1. The SMILES string of the molecule is O=C(c1cccnc1)N1C[C@@H]2OCC(=O)N(Cc3ccncc3)[C@@H]2C1. The number of nitrogens with zero attached hydrogens (tertiary/aromatic N) is 4. The van der Waals surface area contributed by atoms with Crippen LogP contribution in [0, 0.1) is 0 Å². The van der Waals surface area contributed by atoms with Crippen LogP contribution in [0.25, 0.3) is 0 Å². The van der Waals surface area contributed by atoms with Gasteiger partial charge < -0.3 is 14.5 Å². The van der Waals surface area contributed by atoms with Gasteiger partial charge in [-0.15, -0.1) is 0 Å². The van der Waals surface area contributed by atoms with Crippen LogP contribution in [0.2, 0.25) is 0 Å². The van der Waals surface area contributed by atoms with Gasteiger partial charge in [-0.05, 0) is 29.8 Å². The lowest BCUT2D eigenvalue weighted by atomic mass is 10.1.